The summed E-state index contributed by atoms with van der Waals surface area (Å²) in [6, 6.07) is 0.146. The quantitative estimate of drug-likeness (QED) is 0.826. The normalized spacial score (nSPS) is 27.1. The Bertz CT molecular complexity index is 477. The van der Waals surface area contributed by atoms with Crippen molar-refractivity contribution in [1.29, 1.82) is 0 Å². The van der Waals surface area contributed by atoms with Crippen molar-refractivity contribution in [3.05, 3.63) is 5.82 Å². The smallest absolute Gasteiger partial charge is 0.335 e. The first-order chi connectivity index (χ1) is 9.50. The van der Waals surface area contributed by atoms with Crippen LogP contribution in [0.3, 0.4) is 0 Å². The highest BCUT2D eigenvalue weighted by molar-refractivity contribution is 5.34. The number of rotatable bonds is 3. The number of halogens is 4. The lowest BCUT2D eigenvalue weighted by Gasteiger charge is -2.36. The van der Waals surface area contributed by atoms with Gasteiger partial charge in [0.15, 0.2) is 0 Å². The number of alkyl halides is 4. The maximum atomic E-state index is 13.2. The van der Waals surface area contributed by atoms with Crippen LogP contribution in [0.4, 0.5) is 23.5 Å². The first kappa shape index (κ1) is 13.6. The van der Waals surface area contributed by atoms with E-state index >= 15 is 0 Å². The van der Waals surface area contributed by atoms with Crippen LogP contribution < -0.4 is 10.2 Å². The lowest BCUT2D eigenvalue weighted by Crippen LogP contribution is -2.45. The van der Waals surface area contributed by atoms with Gasteiger partial charge in [-0.3, -0.25) is 5.10 Å². The maximum absolute atomic E-state index is 13.2. The van der Waals surface area contributed by atoms with Gasteiger partial charge in [-0.05, 0) is 18.8 Å². The van der Waals surface area contributed by atoms with Gasteiger partial charge in [-0.25, -0.2) is 8.78 Å². The number of anilines is 1. The van der Waals surface area contributed by atoms with Crippen molar-refractivity contribution in [1.82, 2.24) is 20.5 Å². The molecule has 9 heteroatoms. The van der Waals surface area contributed by atoms with Crippen molar-refractivity contribution in [3.8, 4) is 0 Å². The van der Waals surface area contributed by atoms with Crippen LogP contribution in [0.15, 0.2) is 0 Å². The Hall–Kier alpha value is -1.38. The van der Waals surface area contributed by atoms with Crippen LogP contribution in [0.25, 0.3) is 0 Å². The van der Waals surface area contributed by atoms with Crippen molar-refractivity contribution in [2.45, 2.75) is 31.2 Å². The van der Waals surface area contributed by atoms with Gasteiger partial charge in [-0.2, -0.15) is 13.8 Å². The first-order valence-electron chi connectivity index (χ1n) is 6.56. The number of fused-ring (bicyclic) bond motifs is 1. The molecule has 112 valence electrons. The number of hydrogen-bond donors (Lipinski definition) is 2. The third-order valence-electron chi connectivity index (χ3n) is 4.00. The number of nitrogens with one attached hydrogen (secondary N) is 2. The molecule has 2 unspecified atom stereocenters. The van der Waals surface area contributed by atoms with Crippen LogP contribution in [-0.4, -0.2) is 47.3 Å². The second kappa shape index (κ2) is 4.87. The molecule has 5 nitrogen and oxygen atoms in total. The molecule has 1 aromatic heterocycles. The van der Waals surface area contributed by atoms with Gasteiger partial charge in [-0.1, -0.05) is 0 Å². The highest BCUT2D eigenvalue weighted by Crippen LogP contribution is 2.34. The molecule has 0 bridgehead atoms. The molecule has 0 spiro atoms. The average molecular weight is 293 g/mol. The third-order valence-corrected chi connectivity index (χ3v) is 4.00. The molecule has 3 rings (SSSR count). The Balaban J connectivity index is 1.83. The molecule has 3 heterocycles. The molecule has 1 aromatic rings. The van der Waals surface area contributed by atoms with E-state index in [4.69, 9.17) is 0 Å². The fraction of sp³-hybridized carbons (Fsp3) is 0.818. The predicted octanol–water partition coefficient (Wildman–Crippen LogP) is 1.35. The second-order valence-corrected chi connectivity index (χ2v) is 5.23. The summed E-state index contributed by atoms with van der Waals surface area (Å²) in [5, 5.41) is 8.89. The van der Waals surface area contributed by atoms with Crippen molar-refractivity contribution in [2.24, 2.45) is 5.92 Å². The molecule has 0 aliphatic carbocycles. The van der Waals surface area contributed by atoms with Gasteiger partial charge in [0.2, 0.25) is 11.8 Å². The van der Waals surface area contributed by atoms with E-state index in [1.165, 1.54) is 0 Å². The summed E-state index contributed by atoms with van der Waals surface area (Å²) in [6.07, 6.45) is -1.82. The summed E-state index contributed by atoms with van der Waals surface area (Å²) in [5.74, 6) is -4.86. The lowest BCUT2D eigenvalue weighted by molar-refractivity contribution is -0.140. The van der Waals surface area contributed by atoms with E-state index < -0.39 is 18.2 Å². The number of aromatic nitrogens is 3. The van der Waals surface area contributed by atoms with Crippen molar-refractivity contribution in [3.63, 3.8) is 0 Å². The molecule has 2 atom stereocenters. The van der Waals surface area contributed by atoms with E-state index in [0.717, 1.165) is 25.9 Å². The molecular formula is C11H15F4N5. The summed E-state index contributed by atoms with van der Waals surface area (Å²) in [6.45, 7) is 2.27. The Morgan fingerprint density at radius 1 is 1.30 bits per heavy atom. The van der Waals surface area contributed by atoms with Gasteiger partial charge in [0.1, 0.15) is 0 Å². The standard InChI is InChI=1S/C11H15F4N5/c12-8(13)11(14,15)9-17-10(19-18-9)20-3-1-2-6-4-16-5-7(6)20/h6-8,16H,1-5H2,(H,17,18,19). The van der Waals surface area contributed by atoms with Gasteiger partial charge in [0.05, 0.1) is 0 Å². The molecule has 2 N–H and O–H groups in total. The topological polar surface area (TPSA) is 56.8 Å². The monoisotopic (exact) mass is 293 g/mol. The minimum atomic E-state index is -4.30. The summed E-state index contributed by atoms with van der Waals surface area (Å²) in [5.41, 5.74) is 0. The second-order valence-electron chi connectivity index (χ2n) is 5.23. The van der Waals surface area contributed by atoms with E-state index in [-0.39, 0.29) is 12.0 Å². The lowest BCUT2D eigenvalue weighted by atomic mass is 9.92. The van der Waals surface area contributed by atoms with Crippen molar-refractivity contribution >= 4 is 5.95 Å². The van der Waals surface area contributed by atoms with Gasteiger partial charge >= 0.3 is 12.3 Å². The molecule has 0 aromatic carbocycles. The number of hydrogen-bond acceptors (Lipinski definition) is 4. The highest BCUT2D eigenvalue weighted by Gasteiger charge is 2.47. The summed E-state index contributed by atoms with van der Waals surface area (Å²) >= 11 is 0. The molecule has 0 amide bonds. The Labute approximate surface area is 112 Å². The van der Waals surface area contributed by atoms with Crippen LogP contribution in [0.1, 0.15) is 18.7 Å². The van der Waals surface area contributed by atoms with Gasteiger partial charge in [0.25, 0.3) is 0 Å². The Kier molecular flexibility index (Phi) is 3.31. The SMILES string of the molecule is FC(F)C(F)(F)c1nc(N2CCCC3CNCC32)n[nH]1. The summed E-state index contributed by atoms with van der Waals surface area (Å²) < 4.78 is 51.0. The minimum Gasteiger partial charge on any atom is -0.335 e. The number of piperidine rings is 1. The number of aromatic amines is 1. The first-order valence-corrected chi connectivity index (χ1v) is 6.56. The molecule has 2 fully saturated rings. The van der Waals surface area contributed by atoms with Crippen molar-refractivity contribution < 1.29 is 17.6 Å². The zero-order valence-corrected chi connectivity index (χ0v) is 10.6. The largest absolute Gasteiger partial charge is 0.365 e. The van der Waals surface area contributed by atoms with Crippen molar-refractivity contribution in [2.75, 3.05) is 24.5 Å². The van der Waals surface area contributed by atoms with E-state index in [1.807, 2.05) is 10.00 Å². The highest BCUT2D eigenvalue weighted by atomic mass is 19.3. The van der Waals surface area contributed by atoms with Gasteiger partial charge in [-0.15, -0.1) is 5.10 Å². The molecule has 2 aliphatic rings. The minimum absolute atomic E-state index is 0.0822. The zero-order chi connectivity index (χ0) is 14.3. The number of H-pyrrole nitrogens is 1. The van der Waals surface area contributed by atoms with E-state index in [0.29, 0.717) is 12.5 Å². The fourth-order valence-electron chi connectivity index (χ4n) is 2.95. The summed E-state index contributed by atoms with van der Waals surface area (Å²) in [4.78, 5) is 5.42. The molecular weight excluding hydrogens is 278 g/mol. The van der Waals surface area contributed by atoms with Gasteiger partial charge < -0.3 is 10.2 Å². The maximum Gasteiger partial charge on any atom is 0.365 e. The van der Waals surface area contributed by atoms with Crippen LogP contribution >= 0.6 is 0 Å². The molecule has 20 heavy (non-hydrogen) atoms. The molecule has 0 saturated carbocycles. The Morgan fingerprint density at radius 2 is 2.10 bits per heavy atom. The molecule has 2 saturated heterocycles. The third kappa shape index (κ3) is 2.13. The van der Waals surface area contributed by atoms with E-state index in [2.05, 4.69) is 15.4 Å². The van der Waals surface area contributed by atoms with E-state index in [9.17, 15) is 17.6 Å². The Morgan fingerprint density at radius 3 is 2.85 bits per heavy atom. The molecule has 2 aliphatic heterocycles. The van der Waals surface area contributed by atoms with Crippen LogP contribution in [0.2, 0.25) is 0 Å². The van der Waals surface area contributed by atoms with Gasteiger partial charge in [0, 0.05) is 25.7 Å². The predicted molar refractivity (Wildman–Crippen MR) is 63.0 cm³/mol. The summed E-state index contributed by atoms with van der Waals surface area (Å²) in [7, 11) is 0. The van der Waals surface area contributed by atoms with Crippen LogP contribution in [0, 0.1) is 5.92 Å². The number of nitrogens with zero attached hydrogens (tertiary/aromatic N) is 3. The average Bonchev–Trinajstić information content (AvgIpc) is 3.07. The van der Waals surface area contributed by atoms with Crippen LogP contribution in [0.5, 0.6) is 0 Å². The van der Waals surface area contributed by atoms with Crippen LogP contribution in [-0.2, 0) is 5.92 Å². The van der Waals surface area contributed by atoms with E-state index in [1.54, 1.807) is 0 Å². The zero-order valence-electron chi connectivity index (χ0n) is 10.6. The molecule has 0 radical (unpaired) electrons. The fourth-order valence-corrected chi connectivity index (χ4v) is 2.95.